The van der Waals surface area contributed by atoms with Crippen molar-refractivity contribution < 1.29 is 17.2 Å². The molecule has 60 valence electrons. The van der Waals surface area contributed by atoms with Gasteiger partial charge in [-0.1, -0.05) is 6.92 Å². The molecule has 0 N–H and O–H groups in total. The lowest BCUT2D eigenvalue weighted by Crippen LogP contribution is -2.15. The predicted octanol–water partition coefficient (Wildman–Crippen LogP) is 0.829. The van der Waals surface area contributed by atoms with Crippen LogP contribution >= 0.6 is 0 Å². The predicted molar refractivity (Wildman–Crippen MR) is 32.8 cm³/mol. The molecule has 1 rings (SSSR count). The Labute approximate surface area is 58.1 Å². The van der Waals surface area contributed by atoms with E-state index in [1.807, 2.05) is 0 Å². The molecular formula is C5H8F2O2S. The summed E-state index contributed by atoms with van der Waals surface area (Å²) < 4.78 is 45.6. The van der Waals surface area contributed by atoms with E-state index in [2.05, 4.69) is 0 Å². The Morgan fingerprint density at radius 2 is 2.00 bits per heavy atom. The van der Waals surface area contributed by atoms with Crippen LogP contribution in [0.25, 0.3) is 0 Å². The highest BCUT2D eigenvalue weighted by molar-refractivity contribution is 7.92. The van der Waals surface area contributed by atoms with Crippen molar-refractivity contribution in [3.05, 3.63) is 0 Å². The molecule has 0 spiro atoms. The molecular weight excluding hydrogens is 162 g/mol. The maximum Gasteiger partial charge on any atom is 0.266 e. The second-order valence-electron chi connectivity index (χ2n) is 2.41. The summed E-state index contributed by atoms with van der Waals surface area (Å²) in [5, 5.41) is -1.38. The number of hydrogen-bond donors (Lipinski definition) is 0. The summed E-state index contributed by atoms with van der Waals surface area (Å²) in [6, 6.07) is 0. The van der Waals surface area contributed by atoms with Gasteiger partial charge in [-0.25, -0.2) is 17.2 Å². The summed E-state index contributed by atoms with van der Waals surface area (Å²) in [6.45, 7) is 1.38. The summed E-state index contributed by atoms with van der Waals surface area (Å²) in [4.78, 5) is 0. The molecule has 2 nitrogen and oxygen atoms in total. The van der Waals surface area contributed by atoms with Crippen LogP contribution in [0.4, 0.5) is 8.78 Å². The SMILES string of the molecule is CCS(=O)(=O)C1CC1(F)F. The summed E-state index contributed by atoms with van der Waals surface area (Å²) in [6.07, 6.45) is -0.483. The van der Waals surface area contributed by atoms with Crippen LogP contribution in [0.15, 0.2) is 0 Å². The van der Waals surface area contributed by atoms with E-state index in [1.165, 1.54) is 6.92 Å². The van der Waals surface area contributed by atoms with Gasteiger partial charge in [0.1, 0.15) is 5.25 Å². The fraction of sp³-hybridized carbons (Fsp3) is 1.00. The summed E-state index contributed by atoms with van der Waals surface area (Å²) in [5.41, 5.74) is 0. The van der Waals surface area contributed by atoms with Gasteiger partial charge < -0.3 is 0 Å². The van der Waals surface area contributed by atoms with Crippen molar-refractivity contribution >= 4 is 9.84 Å². The standard InChI is InChI=1S/C5H8F2O2S/c1-2-10(8,9)4-3-5(4,6)7/h4H,2-3H2,1H3. The van der Waals surface area contributed by atoms with E-state index in [0.29, 0.717) is 0 Å². The van der Waals surface area contributed by atoms with E-state index in [4.69, 9.17) is 0 Å². The van der Waals surface area contributed by atoms with Crippen molar-refractivity contribution in [3.8, 4) is 0 Å². The number of halogens is 2. The van der Waals surface area contributed by atoms with Crippen LogP contribution in [0, 0.1) is 0 Å². The van der Waals surface area contributed by atoms with E-state index in [-0.39, 0.29) is 5.75 Å². The Bertz CT molecular complexity index is 232. The van der Waals surface area contributed by atoms with E-state index >= 15 is 0 Å². The molecule has 5 heteroatoms. The number of sulfone groups is 1. The molecule has 0 bridgehead atoms. The Kier molecular flexibility index (Phi) is 1.50. The van der Waals surface area contributed by atoms with Crippen molar-refractivity contribution in [1.29, 1.82) is 0 Å². The molecule has 0 radical (unpaired) electrons. The lowest BCUT2D eigenvalue weighted by atomic mass is 10.8. The monoisotopic (exact) mass is 170 g/mol. The van der Waals surface area contributed by atoms with Crippen molar-refractivity contribution in [3.63, 3.8) is 0 Å². The van der Waals surface area contributed by atoms with Gasteiger partial charge in [0, 0.05) is 12.2 Å². The van der Waals surface area contributed by atoms with Gasteiger partial charge >= 0.3 is 0 Å². The summed E-state index contributed by atoms with van der Waals surface area (Å²) in [7, 11) is -3.48. The van der Waals surface area contributed by atoms with Gasteiger partial charge in [-0.2, -0.15) is 0 Å². The normalized spacial score (nSPS) is 30.1. The quantitative estimate of drug-likeness (QED) is 0.615. The lowest BCUT2D eigenvalue weighted by Gasteiger charge is -1.96. The zero-order valence-electron chi connectivity index (χ0n) is 5.47. The Balaban J connectivity index is 2.73. The molecule has 1 aliphatic rings. The van der Waals surface area contributed by atoms with Gasteiger partial charge in [0.05, 0.1) is 0 Å². The van der Waals surface area contributed by atoms with Crippen LogP contribution in [0.5, 0.6) is 0 Å². The molecule has 1 atom stereocenters. The molecule has 0 aromatic carbocycles. The summed E-state index contributed by atoms with van der Waals surface area (Å²) in [5.74, 6) is -3.12. The van der Waals surface area contributed by atoms with E-state index in [0.717, 1.165) is 0 Å². The van der Waals surface area contributed by atoms with Crippen LogP contribution in [-0.2, 0) is 9.84 Å². The molecule has 0 aliphatic heterocycles. The first-order valence-electron chi connectivity index (χ1n) is 2.99. The molecule has 0 saturated heterocycles. The van der Waals surface area contributed by atoms with Crippen LogP contribution in [0.3, 0.4) is 0 Å². The highest BCUT2D eigenvalue weighted by atomic mass is 32.2. The lowest BCUT2D eigenvalue weighted by molar-refractivity contribution is 0.121. The molecule has 1 aliphatic carbocycles. The van der Waals surface area contributed by atoms with Crippen LogP contribution in [-0.4, -0.2) is 25.3 Å². The van der Waals surface area contributed by atoms with Gasteiger partial charge in [-0.05, 0) is 0 Å². The molecule has 0 heterocycles. The van der Waals surface area contributed by atoms with Crippen molar-refractivity contribution in [1.82, 2.24) is 0 Å². The third-order valence-electron chi connectivity index (χ3n) is 1.60. The average Bonchev–Trinajstić information content (AvgIpc) is 2.41. The molecule has 1 saturated carbocycles. The highest BCUT2D eigenvalue weighted by Gasteiger charge is 2.63. The highest BCUT2D eigenvalue weighted by Crippen LogP contribution is 2.47. The van der Waals surface area contributed by atoms with Gasteiger partial charge in [0.15, 0.2) is 9.84 Å². The number of alkyl halides is 2. The van der Waals surface area contributed by atoms with E-state index < -0.39 is 27.4 Å². The van der Waals surface area contributed by atoms with Crippen molar-refractivity contribution in [2.45, 2.75) is 24.5 Å². The van der Waals surface area contributed by atoms with Crippen molar-refractivity contribution in [2.24, 2.45) is 0 Å². The molecule has 10 heavy (non-hydrogen) atoms. The zero-order chi connectivity index (χ0) is 7.99. The molecule has 1 fully saturated rings. The topological polar surface area (TPSA) is 34.1 Å². The minimum absolute atomic E-state index is 0.187. The minimum Gasteiger partial charge on any atom is -0.228 e. The van der Waals surface area contributed by atoms with Gasteiger partial charge in [-0.15, -0.1) is 0 Å². The fourth-order valence-electron chi connectivity index (χ4n) is 0.779. The molecule has 0 amide bonds. The second kappa shape index (κ2) is 1.90. The Morgan fingerprint density at radius 3 is 2.10 bits per heavy atom. The van der Waals surface area contributed by atoms with Crippen LogP contribution in [0.1, 0.15) is 13.3 Å². The van der Waals surface area contributed by atoms with Gasteiger partial charge in [0.2, 0.25) is 0 Å². The van der Waals surface area contributed by atoms with E-state index in [9.17, 15) is 17.2 Å². The number of rotatable bonds is 2. The fourth-order valence-corrected chi connectivity index (χ4v) is 2.18. The first-order valence-corrected chi connectivity index (χ1v) is 4.71. The average molecular weight is 170 g/mol. The maximum absolute atomic E-state index is 12.1. The third-order valence-corrected chi connectivity index (χ3v) is 3.79. The summed E-state index contributed by atoms with van der Waals surface area (Å²) >= 11 is 0. The van der Waals surface area contributed by atoms with Crippen LogP contribution in [0.2, 0.25) is 0 Å². The largest absolute Gasteiger partial charge is 0.266 e. The third kappa shape index (κ3) is 1.14. The molecule has 1 unspecified atom stereocenters. The Hall–Kier alpha value is -0.190. The van der Waals surface area contributed by atoms with Crippen molar-refractivity contribution in [2.75, 3.05) is 5.75 Å². The zero-order valence-corrected chi connectivity index (χ0v) is 6.29. The maximum atomic E-state index is 12.1. The first kappa shape index (κ1) is 7.91. The Morgan fingerprint density at radius 1 is 1.60 bits per heavy atom. The van der Waals surface area contributed by atoms with E-state index in [1.54, 1.807) is 0 Å². The first-order chi connectivity index (χ1) is 4.40. The number of hydrogen-bond acceptors (Lipinski definition) is 2. The minimum atomic E-state index is -3.48. The van der Waals surface area contributed by atoms with Gasteiger partial charge in [0.25, 0.3) is 5.92 Å². The smallest absolute Gasteiger partial charge is 0.228 e. The molecule has 0 aromatic rings. The van der Waals surface area contributed by atoms with Gasteiger partial charge in [-0.3, -0.25) is 0 Å². The molecule has 0 aromatic heterocycles. The second-order valence-corrected chi connectivity index (χ2v) is 4.88. The van der Waals surface area contributed by atoms with Crippen LogP contribution < -0.4 is 0 Å².